The zero-order valence-electron chi connectivity index (χ0n) is 14.0. The Morgan fingerprint density at radius 1 is 1.35 bits per heavy atom. The molecule has 3 atom stereocenters. The van der Waals surface area contributed by atoms with Crippen LogP contribution in [0.15, 0.2) is 24.3 Å². The highest BCUT2D eigenvalue weighted by atomic mass is 16.5. The van der Waals surface area contributed by atoms with Crippen molar-refractivity contribution in [2.45, 2.75) is 57.8 Å². The average molecular weight is 319 g/mol. The molecule has 0 spiro atoms. The summed E-state index contributed by atoms with van der Waals surface area (Å²) in [6, 6.07) is 8.02. The SMILES string of the molecule is Cc1ccccc1[C@H](C)N(C)C(=O)[C@@H]1CC[C@H](CCC(=O)O)O1. The van der Waals surface area contributed by atoms with Crippen molar-refractivity contribution in [2.75, 3.05) is 7.05 Å². The van der Waals surface area contributed by atoms with Crippen LogP contribution in [0, 0.1) is 6.92 Å². The molecule has 23 heavy (non-hydrogen) atoms. The van der Waals surface area contributed by atoms with Crippen LogP contribution in [-0.2, 0) is 14.3 Å². The number of aliphatic carboxylic acids is 1. The molecule has 0 aromatic heterocycles. The smallest absolute Gasteiger partial charge is 0.303 e. The van der Waals surface area contributed by atoms with Crippen LogP contribution < -0.4 is 0 Å². The fourth-order valence-corrected chi connectivity index (χ4v) is 3.07. The van der Waals surface area contributed by atoms with Crippen LogP contribution in [0.5, 0.6) is 0 Å². The van der Waals surface area contributed by atoms with E-state index in [0.717, 1.165) is 17.5 Å². The topological polar surface area (TPSA) is 66.8 Å². The molecule has 0 unspecified atom stereocenters. The second-order valence-electron chi connectivity index (χ2n) is 6.24. The van der Waals surface area contributed by atoms with E-state index in [-0.39, 0.29) is 24.5 Å². The van der Waals surface area contributed by atoms with Gasteiger partial charge in [-0.05, 0) is 44.2 Å². The molecule has 126 valence electrons. The van der Waals surface area contributed by atoms with Crippen molar-refractivity contribution in [3.8, 4) is 0 Å². The zero-order chi connectivity index (χ0) is 17.0. The van der Waals surface area contributed by atoms with Crippen LogP contribution in [0.3, 0.4) is 0 Å². The normalized spacial score (nSPS) is 21.9. The number of aryl methyl sites for hydroxylation is 1. The number of carboxylic acid groups (broad SMARTS) is 1. The van der Waals surface area contributed by atoms with Gasteiger partial charge < -0.3 is 14.7 Å². The minimum absolute atomic E-state index is 0.0228. The molecule has 1 aliphatic rings. The number of carbonyl (C=O) groups is 2. The maximum absolute atomic E-state index is 12.6. The van der Waals surface area contributed by atoms with Gasteiger partial charge >= 0.3 is 5.97 Å². The molecule has 1 fully saturated rings. The number of amides is 1. The summed E-state index contributed by atoms with van der Waals surface area (Å²) in [6.45, 7) is 4.05. The Morgan fingerprint density at radius 3 is 2.70 bits per heavy atom. The standard InChI is InChI=1S/C18H25NO4/c1-12-6-4-5-7-15(12)13(2)19(3)18(22)16-10-8-14(23-16)9-11-17(20)21/h4-7,13-14,16H,8-11H2,1-3H3,(H,20,21)/t13-,14+,16-/m0/s1. The summed E-state index contributed by atoms with van der Waals surface area (Å²) in [7, 11) is 1.80. The highest BCUT2D eigenvalue weighted by Crippen LogP contribution is 2.28. The lowest BCUT2D eigenvalue weighted by molar-refractivity contribution is -0.144. The highest BCUT2D eigenvalue weighted by Gasteiger charge is 2.34. The second kappa shape index (κ2) is 7.59. The van der Waals surface area contributed by atoms with Gasteiger partial charge in [0.2, 0.25) is 0 Å². The van der Waals surface area contributed by atoms with E-state index < -0.39 is 12.1 Å². The van der Waals surface area contributed by atoms with Gasteiger partial charge in [0.1, 0.15) is 6.10 Å². The van der Waals surface area contributed by atoms with Gasteiger partial charge in [-0.3, -0.25) is 9.59 Å². The Morgan fingerprint density at radius 2 is 2.04 bits per heavy atom. The van der Waals surface area contributed by atoms with Crippen LogP contribution in [-0.4, -0.2) is 41.1 Å². The van der Waals surface area contributed by atoms with Gasteiger partial charge in [0.05, 0.1) is 12.1 Å². The van der Waals surface area contributed by atoms with E-state index in [0.29, 0.717) is 12.8 Å². The van der Waals surface area contributed by atoms with Crippen LogP contribution in [0.1, 0.15) is 49.8 Å². The Balaban J connectivity index is 1.95. The molecule has 0 radical (unpaired) electrons. The van der Waals surface area contributed by atoms with E-state index in [1.54, 1.807) is 11.9 Å². The summed E-state index contributed by atoms with van der Waals surface area (Å²) in [4.78, 5) is 25.0. The van der Waals surface area contributed by atoms with Gasteiger partial charge in [-0.25, -0.2) is 0 Å². The first-order chi connectivity index (χ1) is 10.9. The lowest BCUT2D eigenvalue weighted by atomic mass is 10.0. The molecule has 0 saturated carbocycles. The molecule has 2 rings (SSSR count). The first kappa shape index (κ1) is 17.5. The molecule has 5 heteroatoms. The number of nitrogens with zero attached hydrogens (tertiary/aromatic N) is 1. The van der Waals surface area contributed by atoms with Gasteiger partial charge in [0.15, 0.2) is 0 Å². The van der Waals surface area contributed by atoms with Gasteiger partial charge in [0, 0.05) is 13.5 Å². The summed E-state index contributed by atoms with van der Waals surface area (Å²) >= 11 is 0. The number of carboxylic acids is 1. The number of hydrogen-bond donors (Lipinski definition) is 1. The summed E-state index contributed by atoms with van der Waals surface area (Å²) in [5, 5.41) is 8.73. The maximum atomic E-state index is 12.6. The molecule has 1 aromatic rings. The predicted octanol–water partition coefficient (Wildman–Crippen LogP) is 2.93. The lowest BCUT2D eigenvalue weighted by Crippen LogP contribution is -2.38. The quantitative estimate of drug-likeness (QED) is 0.875. The van der Waals surface area contributed by atoms with Crippen molar-refractivity contribution in [3.63, 3.8) is 0 Å². The van der Waals surface area contributed by atoms with Crippen LogP contribution in [0.4, 0.5) is 0 Å². The molecule has 1 saturated heterocycles. The number of likely N-dealkylation sites (N-methyl/N-ethyl adjacent to an activating group) is 1. The van der Waals surface area contributed by atoms with E-state index in [1.165, 1.54) is 0 Å². The van der Waals surface area contributed by atoms with Gasteiger partial charge in [0.25, 0.3) is 5.91 Å². The average Bonchev–Trinajstić information content (AvgIpc) is 3.00. The van der Waals surface area contributed by atoms with E-state index in [9.17, 15) is 9.59 Å². The molecule has 5 nitrogen and oxygen atoms in total. The summed E-state index contributed by atoms with van der Waals surface area (Å²) < 4.78 is 5.76. The van der Waals surface area contributed by atoms with Crippen molar-refractivity contribution >= 4 is 11.9 Å². The molecule has 0 bridgehead atoms. The highest BCUT2D eigenvalue weighted by molar-refractivity contribution is 5.81. The van der Waals surface area contributed by atoms with Crippen LogP contribution in [0.2, 0.25) is 0 Å². The van der Waals surface area contributed by atoms with E-state index in [2.05, 4.69) is 0 Å². The third kappa shape index (κ3) is 4.32. The molecular weight excluding hydrogens is 294 g/mol. The van der Waals surface area contributed by atoms with E-state index >= 15 is 0 Å². The third-order valence-corrected chi connectivity index (χ3v) is 4.63. The molecule has 1 aliphatic heterocycles. The minimum Gasteiger partial charge on any atom is -0.481 e. The fraction of sp³-hybridized carbons (Fsp3) is 0.556. The number of ether oxygens (including phenoxy) is 1. The number of rotatable bonds is 6. The van der Waals surface area contributed by atoms with Crippen molar-refractivity contribution < 1.29 is 19.4 Å². The predicted molar refractivity (Wildman–Crippen MR) is 87.1 cm³/mol. The van der Waals surface area contributed by atoms with Gasteiger partial charge in [-0.15, -0.1) is 0 Å². The number of hydrogen-bond acceptors (Lipinski definition) is 3. The Hall–Kier alpha value is -1.88. The Bertz CT molecular complexity index is 572. The third-order valence-electron chi connectivity index (χ3n) is 4.63. The summed E-state index contributed by atoms with van der Waals surface area (Å²) in [5.41, 5.74) is 2.29. The van der Waals surface area contributed by atoms with Crippen molar-refractivity contribution in [2.24, 2.45) is 0 Å². The monoisotopic (exact) mass is 319 g/mol. The van der Waals surface area contributed by atoms with E-state index in [1.807, 2.05) is 38.1 Å². The second-order valence-corrected chi connectivity index (χ2v) is 6.24. The Labute approximate surface area is 137 Å². The van der Waals surface area contributed by atoms with Crippen molar-refractivity contribution in [1.29, 1.82) is 0 Å². The number of benzene rings is 1. The largest absolute Gasteiger partial charge is 0.481 e. The number of carbonyl (C=O) groups excluding carboxylic acids is 1. The molecule has 1 heterocycles. The van der Waals surface area contributed by atoms with Crippen LogP contribution >= 0.6 is 0 Å². The maximum Gasteiger partial charge on any atom is 0.303 e. The van der Waals surface area contributed by atoms with Gasteiger partial charge in [-0.1, -0.05) is 24.3 Å². The molecular formula is C18H25NO4. The Kier molecular flexibility index (Phi) is 5.77. The minimum atomic E-state index is -0.825. The lowest BCUT2D eigenvalue weighted by Gasteiger charge is -2.29. The van der Waals surface area contributed by atoms with Crippen LogP contribution in [0.25, 0.3) is 0 Å². The van der Waals surface area contributed by atoms with E-state index in [4.69, 9.17) is 9.84 Å². The molecule has 1 aromatic carbocycles. The van der Waals surface area contributed by atoms with Crippen molar-refractivity contribution in [3.05, 3.63) is 35.4 Å². The molecule has 0 aliphatic carbocycles. The van der Waals surface area contributed by atoms with Crippen molar-refractivity contribution in [1.82, 2.24) is 4.90 Å². The first-order valence-electron chi connectivity index (χ1n) is 8.09. The summed E-state index contributed by atoms with van der Waals surface area (Å²) in [6.07, 6.45) is 1.38. The van der Waals surface area contributed by atoms with Gasteiger partial charge in [-0.2, -0.15) is 0 Å². The zero-order valence-corrected chi connectivity index (χ0v) is 14.0. The molecule has 1 amide bonds. The fourth-order valence-electron chi connectivity index (χ4n) is 3.07. The summed E-state index contributed by atoms with van der Waals surface area (Å²) in [5.74, 6) is -0.854. The first-order valence-corrected chi connectivity index (χ1v) is 8.09. The molecule has 1 N–H and O–H groups in total.